The van der Waals surface area contributed by atoms with E-state index in [2.05, 4.69) is 40.0 Å². The molecule has 0 spiro atoms. The van der Waals surface area contributed by atoms with Gasteiger partial charge in [0.2, 0.25) is 5.91 Å². The van der Waals surface area contributed by atoms with Crippen molar-refractivity contribution in [2.45, 2.75) is 27.0 Å². The minimum Gasteiger partial charge on any atom is -0.376 e. The van der Waals surface area contributed by atoms with Crippen LogP contribution in [0.2, 0.25) is 0 Å². The molecule has 2 aromatic carbocycles. The van der Waals surface area contributed by atoms with Crippen LogP contribution in [0.5, 0.6) is 0 Å². The van der Waals surface area contributed by atoms with Crippen molar-refractivity contribution in [1.29, 1.82) is 0 Å². The van der Waals surface area contributed by atoms with E-state index in [-0.39, 0.29) is 36.4 Å². The molecule has 2 amide bonds. The van der Waals surface area contributed by atoms with E-state index in [0.29, 0.717) is 31.2 Å². The quantitative estimate of drug-likeness (QED) is 0.179. The lowest BCUT2D eigenvalue weighted by Gasteiger charge is -2.16. The molecule has 33 heavy (non-hydrogen) atoms. The lowest BCUT2D eigenvalue weighted by atomic mass is 10.1. The molecule has 5 N–H and O–H groups in total. The van der Waals surface area contributed by atoms with Crippen molar-refractivity contribution in [1.82, 2.24) is 16.0 Å². The molecule has 0 aromatic heterocycles. The fraction of sp³-hybridized carbons (Fsp3) is 0.375. The number of benzene rings is 2. The van der Waals surface area contributed by atoms with Gasteiger partial charge in [-0.1, -0.05) is 49.4 Å². The van der Waals surface area contributed by atoms with Crippen LogP contribution in [-0.2, 0) is 22.7 Å². The van der Waals surface area contributed by atoms with Gasteiger partial charge < -0.3 is 26.4 Å². The molecule has 8 nitrogen and oxygen atoms in total. The predicted molar refractivity (Wildman–Crippen MR) is 141 cm³/mol. The second kappa shape index (κ2) is 16.0. The number of nitrogens with zero attached hydrogens (tertiary/aromatic N) is 1. The molecule has 0 fully saturated rings. The minimum atomic E-state index is -0.579. The molecule has 0 aliphatic carbocycles. The molecule has 0 heterocycles. The first-order valence-electron chi connectivity index (χ1n) is 10.8. The van der Waals surface area contributed by atoms with Gasteiger partial charge in [-0.25, -0.2) is 4.99 Å². The number of guanidine groups is 1. The van der Waals surface area contributed by atoms with E-state index in [4.69, 9.17) is 10.5 Å². The number of rotatable bonds is 12. The topological polar surface area (TPSA) is 118 Å². The summed E-state index contributed by atoms with van der Waals surface area (Å²) < 4.78 is 5.81. The fourth-order valence-electron chi connectivity index (χ4n) is 2.83. The van der Waals surface area contributed by atoms with Gasteiger partial charge in [0.15, 0.2) is 5.96 Å². The summed E-state index contributed by atoms with van der Waals surface area (Å²) in [5.74, 6) is 0.133. The van der Waals surface area contributed by atoms with E-state index in [9.17, 15) is 9.59 Å². The second-order valence-electron chi connectivity index (χ2n) is 7.53. The standard InChI is InChI=1S/C24H33N5O3.HI/c1-3-26-24(28-13-18(2)16-32-17-20-7-5-4-6-8-20)29-14-19-9-11-21(12-10-19)23(31)27-15-22(25)30;/h4-12,18H,3,13-17H2,1-2H3,(H2,25,30)(H,27,31)(H2,26,28,29);1H. The number of carbonyl (C=O) groups is 2. The molecule has 1 atom stereocenters. The number of carbonyl (C=O) groups excluding carboxylic acids is 2. The van der Waals surface area contributed by atoms with Crippen LogP contribution in [-0.4, -0.2) is 44.0 Å². The molecular formula is C24H34IN5O3. The zero-order chi connectivity index (χ0) is 23.2. The number of amides is 2. The van der Waals surface area contributed by atoms with Crippen molar-refractivity contribution in [3.63, 3.8) is 0 Å². The average Bonchev–Trinajstić information content (AvgIpc) is 2.80. The minimum absolute atomic E-state index is 0. The number of hydrogen-bond donors (Lipinski definition) is 4. The maximum absolute atomic E-state index is 11.9. The van der Waals surface area contributed by atoms with Gasteiger partial charge in [0.1, 0.15) is 0 Å². The molecule has 0 aliphatic rings. The van der Waals surface area contributed by atoms with Gasteiger partial charge in [-0.2, -0.15) is 0 Å². The van der Waals surface area contributed by atoms with Crippen molar-refractivity contribution < 1.29 is 14.3 Å². The van der Waals surface area contributed by atoms with Gasteiger partial charge in [0.25, 0.3) is 5.91 Å². The van der Waals surface area contributed by atoms with E-state index in [1.54, 1.807) is 12.1 Å². The lowest BCUT2D eigenvalue weighted by Crippen LogP contribution is -2.40. The third-order valence-electron chi connectivity index (χ3n) is 4.54. The van der Waals surface area contributed by atoms with Gasteiger partial charge in [-0.05, 0) is 36.1 Å². The van der Waals surface area contributed by atoms with Crippen LogP contribution in [0.25, 0.3) is 0 Å². The first kappa shape index (κ1) is 28.4. The van der Waals surface area contributed by atoms with Gasteiger partial charge in [-0.3, -0.25) is 9.59 Å². The molecule has 0 saturated carbocycles. The summed E-state index contributed by atoms with van der Waals surface area (Å²) in [6.45, 7) is 7.18. The number of primary amides is 1. The number of aliphatic imine (C=N–C) groups is 1. The number of halogens is 1. The Bertz CT molecular complexity index is 875. The molecule has 0 aliphatic heterocycles. The molecular weight excluding hydrogens is 533 g/mol. The van der Waals surface area contributed by atoms with E-state index in [0.717, 1.165) is 24.6 Å². The maximum Gasteiger partial charge on any atom is 0.251 e. The highest BCUT2D eigenvalue weighted by molar-refractivity contribution is 14.0. The molecule has 9 heteroatoms. The van der Waals surface area contributed by atoms with Crippen molar-refractivity contribution in [3.8, 4) is 0 Å². The van der Waals surface area contributed by atoms with E-state index >= 15 is 0 Å². The monoisotopic (exact) mass is 567 g/mol. The Morgan fingerprint density at radius 3 is 2.33 bits per heavy atom. The second-order valence-corrected chi connectivity index (χ2v) is 7.53. The van der Waals surface area contributed by atoms with Gasteiger partial charge in [-0.15, -0.1) is 24.0 Å². The van der Waals surface area contributed by atoms with E-state index in [1.165, 1.54) is 5.56 Å². The van der Waals surface area contributed by atoms with Crippen molar-refractivity contribution in [2.75, 3.05) is 26.2 Å². The van der Waals surface area contributed by atoms with Gasteiger partial charge in [0.05, 0.1) is 26.3 Å². The lowest BCUT2D eigenvalue weighted by molar-refractivity contribution is -0.117. The SMILES string of the molecule is CCNC(=NCc1ccc(C(=O)NCC(N)=O)cc1)NCC(C)COCc1ccccc1.I. The van der Waals surface area contributed by atoms with Crippen LogP contribution in [0, 0.1) is 5.92 Å². The molecule has 2 rings (SSSR count). The smallest absolute Gasteiger partial charge is 0.251 e. The molecule has 2 aromatic rings. The molecule has 1 unspecified atom stereocenters. The van der Waals surface area contributed by atoms with Crippen LogP contribution in [0.4, 0.5) is 0 Å². The van der Waals surface area contributed by atoms with Crippen LogP contribution in [0.15, 0.2) is 59.6 Å². The molecule has 0 saturated heterocycles. The molecule has 0 bridgehead atoms. The third kappa shape index (κ3) is 11.7. The Kier molecular flexibility index (Phi) is 13.8. The van der Waals surface area contributed by atoms with E-state index < -0.39 is 5.91 Å². The third-order valence-corrected chi connectivity index (χ3v) is 4.54. The summed E-state index contributed by atoms with van der Waals surface area (Å²) in [4.78, 5) is 27.3. The number of nitrogens with one attached hydrogen (secondary N) is 3. The maximum atomic E-state index is 11.9. The highest BCUT2D eigenvalue weighted by Crippen LogP contribution is 2.06. The van der Waals surface area contributed by atoms with Crippen molar-refractivity contribution in [3.05, 3.63) is 71.3 Å². The summed E-state index contributed by atoms with van der Waals surface area (Å²) >= 11 is 0. The van der Waals surface area contributed by atoms with Crippen LogP contribution in [0.1, 0.15) is 35.3 Å². The Morgan fingerprint density at radius 1 is 1.00 bits per heavy atom. The zero-order valence-electron chi connectivity index (χ0n) is 19.2. The summed E-state index contributed by atoms with van der Waals surface area (Å²) in [5, 5.41) is 9.05. The summed E-state index contributed by atoms with van der Waals surface area (Å²) in [5.41, 5.74) is 7.64. The Hall–Kier alpha value is -2.66. The van der Waals surface area contributed by atoms with Crippen LogP contribution >= 0.6 is 24.0 Å². The Labute approximate surface area is 212 Å². The van der Waals surface area contributed by atoms with Crippen molar-refractivity contribution >= 4 is 41.8 Å². The normalized spacial score (nSPS) is 11.8. The summed E-state index contributed by atoms with van der Waals surface area (Å²) in [6.07, 6.45) is 0. The highest BCUT2D eigenvalue weighted by Gasteiger charge is 2.07. The number of hydrogen-bond acceptors (Lipinski definition) is 4. The van der Waals surface area contributed by atoms with Crippen LogP contribution < -0.4 is 21.7 Å². The highest BCUT2D eigenvalue weighted by atomic mass is 127. The summed E-state index contributed by atoms with van der Waals surface area (Å²) in [7, 11) is 0. The fourth-order valence-corrected chi connectivity index (χ4v) is 2.83. The average molecular weight is 567 g/mol. The zero-order valence-corrected chi connectivity index (χ0v) is 21.5. The largest absolute Gasteiger partial charge is 0.376 e. The predicted octanol–water partition coefficient (Wildman–Crippen LogP) is 2.43. The first-order chi connectivity index (χ1) is 15.5. The first-order valence-corrected chi connectivity index (χ1v) is 10.8. The van der Waals surface area contributed by atoms with Gasteiger partial charge >= 0.3 is 0 Å². The number of ether oxygens (including phenoxy) is 1. The number of nitrogens with two attached hydrogens (primary N) is 1. The van der Waals surface area contributed by atoms with Crippen molar-refractivity contribution in [2.24, 2.45) is 16.6 Å². The summed E-state index contributed by atoms with van der Waals surface area (Å²) in [6, 6.07) is 17.2. The Balaban J connectivity index is 0.00000544. The van der Waals surface area contributed by atoms with Crippen LogP contribution in [0.3, 0.4) is 0 Å². The Morgan fingerprint density at radius 2 is 1.70 bits per heavy atom. The molecule has 0 radical (unpaired) electrons. The van der Waals surface area contributed by atoms with E-state index in [1.807, 2.05) is 37.3 Å². The van der Waals surface area contributed by atoms with Gasteiger partial charge in [0, 0.05) is 18.7 Å². The molecule has 180 valence electrons.